The maximum atomic E-state index is 11.7. The number of nitrogens with one attached hydrogen (secondary N) is 1. The highest BCUT2D eigenvalue weighted by molar-refractivity contribution is 5.93. The largest absolute Gasteiger partial charge is 0.370 e. The Morgan fingerprint density at radius 3 is 2.79 bits per heavy atom. The molecule has 5 heteroatoms. The van der Waals surface area contributed by atoms with Gasteiger partial charge < -0.3 is 16.0 Å². The smallest absolute Gasteiger partial charge is 0.254 e. The molecule has 1 aliphatic rings. The Morgan fingerprint density at radius 2 is 2.26 bits per heavy atom. The first-order chi connectivity index (χ1) is 9.06. The van der Waals surface area contributed by atoms with Crippen LogP contribution in [0.1, 0.15) is 29.6 Å². The molecule has 1 aliphatic carbocycles. The average Bonchev–Trinajstić information content (AvgIpc) is 2.82. The molecule has 1 saturated carbocycles. The molecule has 0 bridgehead atoms. The monoisotopic (exact) mass is 262 g/mol. The summed E-state index contributed by atoms with van der Waals surface area (Å²) in [6.07, 6.45) is 5.01. The van der Waals surface area contributed by atoms with E-state index in [1.165, 1.54) is 6.42 Å². The summed E-state index contributed by atoms with van der Waals surface area (Å²) in [5.74, 6) is 1.43. The van der Waals surface area contributed by atoms with Gasteiger partial charge in [-0.15, -0.1) is 0 Å². The number of carbonyl (C=O) groups excluding carboxylic acids is 1. The molecule has 1 fully saturated rings. The molecule has 19 heavy (non-hydrogen) atoms. The van der Waals surface area contributed by atoms with Gasteiger partial charge in [0.05, 0.1) is 5.56 Å². The molecule has 1 heterocycles. The van der Waals surface area contributed by atoms with E-state index < -0.39 is 0 Å². The van der Waals surface area contributed by atoms with Gasteiger partial charge in [-0.05, 0) is 37.3 Å². The van der Waals surface area contributed by atoms with Crippen molar-refractivity contribution in [1.29, 1.82) is 0 Å². The first kappa shape index (κ1) is 13.8. The van der Waals surface area contributed by atoms with E-state index in [1.54, 1.807) is 31.3 Å². The van der Waals surface area contributed by atoms with Crippen LogP contribution in [0.5, 0.6) is 0 Å². The van der Waals surface area contributed by atoms with E-state index in [1.807, 2.05) is 6.07 Å². The van der Waals surface area contributed by atoms with Gasteiger partial charge in [0, 0.05) is 32.9 Å². The van der Waals surface area contributed by atoms with Crippen LogP contribution in [0, 0.1) is 5.92 Å². The van der Waals surface area contributed by atoms with Crippen molar-refractivity contribution in [3.63, 3.8) is 0 Å². The van der Waals surface area contributed by atoms with Crippen LogP contribution < -0.4 is 11.1 Å². The van der Waals surface area contributed by atoms with Crippen molar-refractivity contribution in [3.05, 3.63) is 23.9 Å². The predicted molar refractivity (Wildman–Crippen MR) is 76.1 cm³/mol. The summed E-state index contributed by atoms with van der Waals surface area (Å²) in [6, 6.07) is 4.02. The van der Waals surface area contributed by atoms with Gasteiger partial charge in [-0.25, -0.2) is 4.98 Å². The van der Waals surface area contributed by atoms with Crippen LogP contribution in [0.15, 0.2) is 18.3 Å². The SMILES string of the molecule is CN(C)C(=O)c1ccc(NCC2CCC(N)C2)nc1. The van der Waals surface area contributed by atoms with Crippen LogP contribution >= 0.6 is 0 Å². The third-order valence-electron chi connectivity index (χ3n) is 3.57. The van der Waals surface area contributed by atoms with E-state index in [-0.39, 0.29) is 5.91 Å². The summed E-state index contributed by atoms with van der Waals surface area (Å²) in [5, 5.41) is 3.31. The second-order valence-corrected chi connectivity index (χ2v) is 5.45. The van der Waals surface area contributed by atoms with Crippen LogP contribution in [0.4, 0.5) is 5.82 Å². The fourth-order valence-corrected chi connectivity index (χ4v) is 2.43. The number of amides is 1. The van der Waals surface area contributed by atoms with Gasteiger partial charge in [-0.3, -0.25) is 4.79 Å². The van der Waals surface area contributed by atoms with Crippen molar-refractivity contribution in [3.8, 4) is 0 Å². The highest BCUT2D eigenvalue weighted by atomic mass is 16.2. The molecule has 1 aromatic heterocycles. The van der Waals surface area contributed by atoms with E-state index in [9.17, 15) is 4.79 Å². The molecule has 0 saturated heterocycles. The molecule has 104 valence electrons. The van der Waals surface area contributed by atoms with Gasteiger partial charge >= 0.3 is 0 Å². The molecule has 2 unspecified atom stereocenters. The van der Waals surface area contributed by atoms with E-state index in [2.05, 4.69) is 10.3 Å². The number of hydrogen-bond acceptors (Lipinski definition) is 4. The van der Waals surface area contributed by atoms with Crippen LogP contribution in [0.2, 0.25) is 0 Å². The third kappa shape index (κ3) is 3.67. The maximum absolute atomic E-state index is 11.7. The van der Waals surface area contributed by atoms with Gasteiger partial charge in [0.25, 0.3) is 5.91 Å². The Kier molecular flexibility index (Phi) is 4.37. The number of hydrogen-bond donors (Lipinski definition) is 2. The predicted octanol–water partition coefficient (Wildman–Crippen LogP) is 1.32. The van der Waals surface area contributed by atoms with Gasteiger partial charge in [0.15, 0.2) is 0 Å². The minimum absolute atomic E-state index is 0.0270. The number of rotatable bonds is 4. The standard InChI is InChI=1S/C14H22N4O/c1-18(2)14(19)11-4-6-13(17-9-11)16-8-10-3-5-12(15)7-10/h4,6,9-10,12H,3,5,7-8,15H2,1-2H3,(H,16,17). The van der Waals surface area contributed by atoms with Crippen molar-refractivity contribution >= 4 is 11.7 Å². The zero-order valence-electron chi connectivity index (χ0n) is 11.6. The Hall–Kier alpha value is -1.62. The molecule has 2 atom stereocenters. The number of carbonyl (C=O) groups is 1. The maximum Gasteiger partial charge on any atom is 0.254 e. The first-order valence-electron chi connectivity index (χ1n) is 6.73. The minimum Gasteiger partial charge on any atom is -0.370 e. The highest BCUT2D eigenvalue weighted by Crippen LogP contribution is 2.24. The molecule has 1 amide bonds. The summed E-state index contributed by atoms with van der Waals surface area (Å²) < 4.78 is 0. The molecule has 0 radical (unpaired) electrons. The van der Waals surface area contributed by atoms with Crippen LogP contribution in [0.3, 0.4) is 0 Å². The van der Waals surface area contributed by atoms with Crippen molar-refractivity contribution in [2.24, 2.45) is 11.7 Å². The lowest BCUT2D eigenvalue weighted by molar-refractivity contribution is 0.0827. The third-order valence-corrected chi connectivity index (χ3v) is 3.57. The lowest BCUT2D eigenvalue weighted by Crippen LogP contribution is -2.22. The summed E-state index contributed by atoms with van der Waals surface area (Å²) in [4.78, 5) is 17.5. The van der Waals surface area contributed by atoms with E-state index >= 15 is 0 Å². The summed E-state index contributed by atoms with van der Waals surface area (Å²) in [5.41, 5.74) is 6.50. The zero-order chi connectivity index (χ0) is 13.8. The lowest BCUT2D eigenvalue weighted by atomic mass is 10.1. The Labute approximate surface area is 114 Å². The van der Waals surface area contributed by atoms with Crippen molar-refractivity contribution in [2.45, 2.75) is 25.3 Å². The number of nitrogens with two attached hydrogens (primary N) is 1. The average molecular weight is 262 g/mol. The fourth-order valence-electron chi connectivity index (χ4n) is 2.43. The topological polar surface area (TPSA) is 71.2 Å². The Bertz CT molecular complexity index is 430. The minimum atomic E-state index is -0.0270. The molecular weight excluding hydrogens is 240 g/mol. The van der Waals surface area contributed by atoms with E-state index in [0.717, 1.165) is 25.2 Å². The van der Waals surface area contributed by atoms with Gasteiger partial charge in [0.1, 0.15) is 5.82 Å². The van der Waals surface area contributed by atoms with Crippen LogP contribution in [-0.2, 0) is 0 Å². The fraction of sp³-hybridized carbons (Fsp3) is 0.571. The number of pyridine rings is 1. The first-order valence-corrected chi connectivity index (χ1v) is 6.73. The van der Waals surface area contributed by atoms with Crippen LogP contribution in [0.25, 0.3) is 0 Å². The molecule has 0 spiro atoms. The van der Waals surface area contributed by atoms with Gasteiger partial charge in [-0.1, -0.05) is 0 Å². The molecule has 1 aromatic rings. The zero-order valence-corrected chi connectivity index (χ0v) is 11.6. The molecular formula is C14H22N4O. The van der Waals surface area contributed by atoms with Gasteiger partial charge in [0.2, 0.25) is 0 Å². The summed E-state index contributed by atoms with van der Waals surface area (Å²) in [6.45, 7) is 0.904. The second-order valence-electron chi connectivity index (χ2n) is 5.45. The number of aromatic nitrogens is 1. The molecule has 2 rings (SSSR count). The highest BCUT2D eigenvalue weighted by Gasteiger charge is 2.21. The Morgan fingerprint density at radius 1 is 1.47 bits per heavy atom. The van der Waals surface area contributed by atoms with Crippen molar-refractivity contribution in [1.82, 2.24) is 9.88 Å². The lowest BCUT2D eigenvalue weighted by Gasteiger charge is -2.13. The molecule has 0 aromatic carbocycles. The number of anilines is 1. The quantitative estimate of drug-likeness (QED) is 0.858. The van der Waals surface area contributed by atoms with E-state index in [4.69, 9.17) is 5.73 Å². The van der Waals surface area contributed by atoms with E-state index in [0.29, 0.717) is 17.5 Å². The second kappa shape index (κ2) is 6.02. The van der Waals surface area contributed by atoms with Crippen LogP contribution in [-0.4, -0.2) is 42.5 Å². The van der Waals surface area contributed by atoms with Gasteiger partial charge in [-0.2, -0.15) is 0 Å². The number of nitrogens with zero attached hydrogens (tertiary/aromatic N) is 2. The van der Waals surface area contributed by atoms with Crippen molar-refractivity contribution < 1.29 is 4.79 Å². The Balaban J connectivity index is 1.87. The normalized spacial score (nSPS) is 22.3. The molecule has 5 nitrogen and oxygen atoms in total. The summed E-state index contributed by atoms with van der Waals surface area (Å²) >= 11 is 0. The van der Waals surface area contributed by atoms with Crippen molar-refractivity contribution in [2.75, 3.05) is 26.0 Å². The molecule has 0 aliphatic heterocycles. The molecule has 3 N–H and O–H groups in total. The summed E-state index contributed by atoms with van der Waals surface area (Å²) in [7, 11) is 3.47.